The smallest absolute Gasteiger partial charge is 0.326 e. The maximum atomic E-state index is 12.2. The number of carboxylic acid groups (broad SMARTS) is 1. The van der Waals surface area contributed by atoms with Crippen molar-refractivity contribution in [2.75, 3.05) is 13.2 Å². The van der Waals surface area contributed by atoms with Crippen molar-refractivity contribution < 1.29 is 19.4 Å². The van der Waals surface area contributed by atoms with Gasteiger partial charge < -0.3 is 20.1 Å². The molecule has 2 aromatic rings. The number of aromatic nitrogens is 1. The zero-order chi connectivity index (χ0) is 16.9. The van der Waals surface area contributed by atoms with E-state index >= 15 is 0 Å². The number of carbonyl (C=O) groups is 2. The third kappa shape index (κ3) is 3.94. The molecule has 6 nitrogen and oxygen atoms in total. The Morgan fingerprint density at radius 3 is 3.00 bits per heavy atom. The lowest BCUT2D eigenvalue weighted by Crippen LogP contribution is -2.48. The first-order valence-electron chi connectivity index (χ1n) is 8.29. The van der Waals surface area contributed by atoms with Gasteiger partial charge in [-0.3, -0.25) is 4.79 Å². The number of nitrogens with one attached hydrogen (secondary N) is 2. The van der Waals surface area contributed by atoms with Crippen LogP contribution in [0.1, 0.15) is 24.8 Å². The molecule has 1 aromatic carbocycles. The molecule has 1 aliphatic rings. The van der Waals surface area contributed by atoms with E-state index in [0.717, 1.165) is 29.3 Å². The molecule has 6 heteroatoms. The number of hydrogen-bond acceptors (Lipinski definition) is 3. The van der Waals surface area contributed by atoms with Crippen LogP contribution < -0.4 is 5.32 Å². The predicted molar refractivity (Wildman–Crippen MR) is 89.7 cm³/mol. The highest BCUT2D eigenvalue weighted by Crippen LogP contribution is 2.19. The highest BCUT2D eigenvalue weighted by atomic mass is 16.5. The Morgan fingerprint density at radius 1 is 1.38 bits per heavy atom. The SMILES string of the molecule is O=C(CCc1ccc2[nH]ccc2c1)NC(C(=O)O)C1CCCOC1. The van der Waals surface area contributed by atoms with Gasteiger partial charge in [-0.25, -0.2) is 4.79 Å². The van der Waals surface area contributed by atoms with E-state index in [1.165, 1.54) is 0 Å². The van der Waals surface area contributed by atoms with Crippen LogP contribution in [0.3, 0.4) is 0 Å². The minimum atomic E-state index is -0.993. The molecule has 128 valence electrons. The van der Waals surface area contributed by atoms with Gasteiger partial charge in [-0.2, -0.15) is 0 Å². The second-order valence-electron chi connectivity index (χ2n) is 6.26. The Bertz CT molecular complexity index is 719. The Balaban J connectivity index is 1.55. The van der Waals surface area contributed by atoms with Crippen LogP contribution in [0.15, 0.2) is 30.5 Å². The average molecular weight is 330 g/mol. The van der Waals surface area contributed by atoms with Crippen molar-refractivity contribution in [1.82, 2.24) is 10.3 Å². The summed E-state index contributed by atoms with van der Waals surface area (Å²) >= 11 is 0. The molecule has 24 heavy (non-hydrogen) atoms. The lowest BCUT2D eigenvalue weighted by Gasteiger charge is -2.28. The second-order valence-corrected chi connectivity index (χ2v) is 6.26. The summed E-state index contributed by atoms with van der Waals surface area (Å²) in [6, 6.07) is 7.13. The summed E-state index contributed by atoms with van der Waals surface area (Å²) in [5.41, 5.74) is 2.12. The first-order valence-corrected chi connectivity index (χ1v) is 8.29. The number of aryl methyl sites for hydroxylation is 1. The van der Waals surface area contributed by atoms with Crippen LogP contribution in [0.5, 0.6) is 0 Å². The maximum absolute atomic E-state index is 12.2. The van der Waals surface area contributed by atoms with Gasteiger partial charge in [0.2, 0.25) is 5.91 Å². The van der Waals surface area contributed by atoms with E-state index in [1.807, 2.05) is 30.5 Å². The fourth-order valence-electron chi connectivity index (χ4n) is 3.17. The van der Waals surface area contributed by atoms with Crippen LogP contribution in [-0.4, -0.2) is 41.2 Å². The van der Waals surface area contributed by atoms with Gasteiger partial charge in [-0.15, -0.1) is 0 Å². The molecule has 1 aliphatic heterocycles. The van der Waals surface area contributed by atoms with Gasteiger partial charge >= 0.3 is 5.97 Å². The Labute approximate surface area is 140 Å². The molecule has 1 amide bonds. The van der Waals surface area contributed by atoms with Crippen molar-refractivity contribution >= 4 is 22.8 Å². The third-order valence-electron chi connectivity index (χ3n) is 4.51. The number of hydrogen-bond donors (Lipinski definition) is 3. The molecular weight excluding hydrogens is 308 g/mol. The van der Waals surface area contributed by atoms with Crippen molar-refractivity contribution in [3.8, 4) is 0 Å². The molecule has 3 N–H and O–H groups in total. The molecule has 2 unspecified atom stereocenters. The van der Waals surface area contributed by atoms with Gasteiger partial charge in [-0.05, 0) is 48.4 Å². The van der Waals surface area contributed by atoms with Gasteiger partial charge in [0.15, 0.2) is 0 Å². The van der Waals surface area contributed by atoms with Gasteiger partial charge in [0.25, 0.3) is 0 Å². The van der Waals surface area contributed by atoms with E-state index in [0.29, 0.717) is 19.6 Å². The quantitative estimate of drug-likeness (QED) is 0.756. The van der Waals surface area contributed by atoms with Crippen molar-refractivity contribution in [2.45, 2.75) is 31.7 Å². The van der Waals surface area contributed by atoms with Gasteiger partial charge in [-0.1, -0.05) is 6.07 Å². The predicted octanol–water partition coefficient (Wildman–Crippen LogP) is 2.10. The van der Waals surface area contributed by atoms with Crippen LogP contribution in [0.4, 0.5) is 0 Å². The summed E-state index contributed by atoms with van der Waals surface area (Å²) in [5, 5.41) is 13.2. The number of carboxylic acids is 1. The maximum Gasteiger partial charge on any atom is 0.326 e. The van der Waals surface area contributed by atoms with E-state index in [4.69, 9.17) is 4.74 Å². The fourth-order valence-corrected chi connectivity index (χ4v) is 3.17. The van der Waals surface area contributed by atoms with E-state index in [9.17, 15) is 14.7 Å². The zero-order valence-electron chi connectivity index (χ0n) is 13.5. The number of rotatable bonds is 6. The average Bonchev–Trinajstić information content (AvgIpc) is 3.06. The summed E-state index contributed by atoms with van der Waals surface area (Å²) in [4.78, 5) is 26.7. The monoisotopic (exact) mass is 330 g/mol. The van der Waals surface area contributed by atoms with Crippen molar-refractivity contribution in [2.24, 2.45) is 5.92 Å². The first kappa shape index (κ1) is 16.5. The largest absolute Gasteiger partial charge is 0.480 e. The van der Waals surface area contributed by atoms with Crippen molar-refractivity contribution in [3.05, 3.63) is 36.0 Å². The number of carbonyl (C=O) groups excluding carboxylic acids is 1. The second kappa shape index (κ2) is 7.49. The Kier molecular flexibility index (Phi) is 5.15. The summed E-state index contributed by atoms with van der Waals surface area (Å²) in [5.74, 6) is -1.38. The van der Waals surface area contributed by atoms with Gasteiger partial charge in [0.1, 0.15) is 6.04 Å². The molecule has 0 saturated carbocycles. The minimum Gasteiger partial charge on any atom is -0.480 e. The number of aromatic amines is 1. The Hall–Kier alpha value is -2.34. The van der Waals surface area contributed by atoms with E-state index in [2.05, 4.69) is 10.3 Å². The molecule has 3 rings (SSSR count). The number of benzene rings is 1. The molecule has 1 saturated heterocycles. The van der Waals surface area contributed by atoms with Crippen LogP contribution in [-0.2, 0) is 20.7 Å². The van der Waals surface area contributed by atoms with Gasteiger partial charge in [0.05, 0.1) is 6.61 Å². The first-order chi connectivity index (χ1) is 11.6. The van der Waals surface area contributed by atoms with Crippen LogP contribution in [0.25, 0.3) is 10.9 Å². The number of fused-ring (bicyclic) bond motifs is 1. The highest BCUT2D eigenvalue weighted by molar-refractivity contribution is 5.84. The molecule has 0 bridgehead atoms. The lowest BCUT2D eigenvalue weighted by molar-refractivity contribution is -0.145. The number of H-pyrrole nitrogens is 1. The molecule has 0 spiro atoms. The number of amides is 1. The van der Waals surface area contributed by atoms with Crippen molar-refractivity contribution in [3.63, 3.8) is 0 Å². The molecule has 0 radical (unpaired) electrons. The summed E-state index contributed by atoms with van der Waals surface area (Å²) < 4.78 is 5.34. The van der Waals surface area contributed by atoms with Gasteiger partial charge in [0, 0.05) is 30.7 Å². The van der Waals surface area contributed by atoms with Crippen molar-refractivity contribution in [1.29, 1.82) is 0 Å². The zero-order valence-corrected chi connectivity index (χ0v) is 13.5. The summed E-state index contributed by atoms with van der Waals surface area (Å²) in [6.07, 6.45) is 4.33. The summed E-state index contributed by atoms with van der Waals surface area (Å²) in [7, 11) is 0. The topological polar surface area (TPSA) is 91.4 Å². The molecular formula is C18H22N2O4. The van der Waals surface area contributed by atoms with E-state index < -0.39 is 12.0 Å². The van der Waals surface area contributed by atoms with Crippen LogP contribution in [0.2, 0.25) is 0 Å². The Morgan fingerprint density at radius 2 is 2.25 bits per heavy atom. The standard InChI is InChI=1S/C18H22N2O4/c21-16(20-17(18(22)23)14-2-1-9-24-11-14)6-4-12-3-5-15-13(10-12)7-8-19-15/h3,5,7-8,10,14,17,19H,1-2,4,6,9,11H2,(H,20,21)(H,22,23). The van der Waals surface area contributed by atoms with Crippen LogP contribution >= 0.6 is 0 Å². The number of aliphatic carboxylic acids is 1. The third-order valence-corrected chi connectivity index (χ3v) is 4.51. The van der Waals surface area contributed by atoms with Crippen LogP contribution in [0, 0.1) is 5.92 Å². The highest BCUT2D eigenvalue weighted by Gasteiger charge is 2.31. The molecule has 0 aliphatic carbocycles. The summed E-state index contributed by atoms with van der Waals surface area (Å²) in [6.45, 7) is 1.06. The fraction of sp³-hybridized carbons (Fsp3) is 0.444. The molecule has 2 atom stereocenters. The molecule has 1 aromatic heterocycles. The van der Waals surface area contributed by atoms with E-state index in [1.54, 1.807) is 0 Å². The lowest BCUT2D eigenvalue weighted by atomic mass is 9.93. The van der Waals surface area contributed by atoms with E-state index in [-0.39, 0.29) is 18.2 Å². The number of ether oxygens (including phenoxy) is 1. The molecule has 2 heterocycles. The molecule has 1 fully saturated rings. The minimum absolute atomic E-state index is 0.156. The normalized spacial score (nSPS) is 19.1.